The molecule has 0 amide bonds. The smallest absolute Gasteiger partial charge is 0.254 e. The Morgan fingerprint density at radius 3 is 1.80 bits per heavy atom. The predicted octanol–water partition coefficient (Wildman–Crippen LogP) is 6.38. The van der Waals surface area contributed by atoms with Gasteiger partial charge in [0, 0.05) is 5.56 Å². The van der Waals surface area contributed by atoms with Crippen molar-refractivity contribution in [3.05, 3.63) is 82.7 Å². The lowest BCUT2D eigenvalue weighted by molar-refractivity contribution is 0.378. The van der Waals surface area contributed by atoms with Gasteiger partial charge in [-0.2, -0.15) is 0 Å². The Morgan fingerprint density at radius 2 is 1.17 bits per heavy atom. The van der Waals surface area contributed by atoms with Gasteiger partial charge in [0.1, 0.15) is 5.56 Å². The lowest BCUT2D eigenvalue weighted by Crippen LogP contribution is -2.04. The summed E-state index contributed by atoms with van der Waals surface area (Å²) >= 11 is 0. The molecular weight excluding hydrogens is 403 g/mol. The Bertz CT molecular complexity index is 1240. The quantitative estimate of drug-likeness (QED) is 0.221. The summed E-state index contributed by atoms with van der Waals surface area (Å²) in [6.07, 6.45) is 0. The van der Waals surface area contributed by atoms with Crippen LogP contribution < -0.4 is 0 Å². The molecule has 8 heteroatoms. The summed E-state index contributed by atoms with van der Waals surface area (Å²) in [5.74, 6) is -11.4. The zero-order valence-electron chi connectivity index (χ0n) is 15.7. The van der Waals surface area contributed by atoms with Gasteiger partial charge in [0.2, 0.25) is 11.7 Å². The van der Waals surface area contributed by atoms with Gasteiger partial charge in [-0.1, -0.05) is 35.9 Å². The first kappa shape index (κ1) is 19.8. The molecule has 0 fully saturated rings. The van der Waals surface area contributed by atoms with Crippen molar-refractivity contribution in [1.29, 1.82) is 0 Å². The van der Waals surface area contributed by atoms with Crippen molar-refractivity contribution in [2.24, 2.45) is 0 Å². The molecule has 0 unspecified atom stereocenters. The molecule has 0 radical (unpaired) electrons. The summed E-state index contributed by atoms with van der Waals surface area (Å²) in [6.45, 7) is 3.97. The van der Waals surface area contributed by atoms with Gasteiger partial charge in [-0.3, -0.25) is 0 Å². The maximum atomic E-state index is 14.0. The van der Waals surface area contributed by atoms with Gasteiger partial charge in [-0.15, -0.1) is 10.2 Å². The van der Waals surface area contributed by atoms with Crippen LogP contribution >= 0.6 is 0 Å². The molecule has 4 rings (SSSR count). The van der Waals surface area contributed by atoms with Crippen LogP contribution in [0.1, 0.15) is 11.1 Å². The van der Waals surface area contributed by atoms with E-state index in [0.717, 1.165) is 22.3 Å². The Labute approximate surface area is 167 Å². The van der Waals surface area contributed by atoms with Gasteiger partial charge in [0.25, 0.3) is 5.89 Å². The van der Waals surface area contributed by atoms with Crippen LogP contribution in [0.3, 0.4) is 0 Å². The topological polar surface area (TPSA) is 38.9 Å². The number of nitrogens with zero attached hydrogens (tertiary/aromatic N) is 2. The minimum atomic E-state index is -2.25. The van der Waals surface area contributed by atoms with Crippen LogP contribution in [-0.2, 0) is 0 Å². The van der Waals surface area contributed by atoms with E-state index in [4.69, 9.17) is 4.42 Å². The molecule has 1 heterocycles. The highest BCUT2D eigenvalue weighted by molar-refractivity contribution is 5.71. The van der Waals surface area contributed by atoms with Crippen molar-refractivity contribution >= 4 is 0 Å². The molecule has 4 aromatic rings. The molecule has 3 aromatic carbocycles. The molecule has 0 aliphatic rings. The molecule has 152 valence electrons. The van der Waals surface area contributed by atoms with Gasteiger partial charge in [0.05, 0.1) is 0 Å². The van der Waals surface area contributed by atoms with E-state index in [1.807, 2.05) is 32.0 Å². The monoisotopic (exact) mass is 416 g/mol. The van der Waals surface area contributed by atoms with Crippen molar-refractivity contribution in [2.45, 2.75) is 13.8 Å². The van der Waals surface area contributed by atoms with E-state index in [0.29, 0.717) is 5.56 Å². The maximum absolute atomic E-state index is 14.0. The first-order chi connectivity index (χ1) is 14.3. The van der Waals surface area contributed by atoms with Crippen LogP contribution in [0, 0.1) is 42.9 Å². The summed E-state index contributed by atoms with van der Waals surface area (Å²) in [7, 11) is 0. The molecular formula is C22H13F5N2O. The zero-order chi connectivity index (χ0) is 21.6. The van der Waals surface area contributed by atoms with E-state index in [9.17, 15) is 22.0 Å². The summed E-state index contributed by atoms with van der Waals surface area (Å²) in [6, 6.07) is 13.0. The molecule has 0 saturated carbocycles. The van der Waals surface area contributed by atoms with E-state index in [1.165, 1.54) is 0 Å². The molecule has 3 nitrogen and oxygen atoms in total. The number of hydrogen-bond acceptors (Lipinski definition) is 3. The number of aryl methyl sites for hydroxylation is 2. The molecule has 0 aliphatic carbocycles. The van der Waals surface area contributed by atoms with Gasteiger partial charge in [0.15, 0.2) is 23.3 Å². The first-order valence-corrected chi connectivity index (χ1v) is 8.81. The fourth-order valence-corrected chi connectivity index (χ4v) is 3.07. The lowest BCUT2D eigenvalue weighted by atomic mass is 9.98. The largest absolute Gasteiger partial charge is 0.416 e. The molecule has 0 N–H and O–H groups in total. The summed E-state index contributed by atoms with van der Waals surface area (Å²) in [5.41, 5.74) is 3.31. The van der Waals surface area contributed by atoms with Crippen LogP contribution in [0.15, 0.2) is 46.9 Å². The Balaban J connectivity index is 1.71. The molecule has 0 bridgehead atoms. The third kappa shape index (κ3) is 3.24. The molecule has 0 aliphatic heterocycles. The minimum Gasteiger partial charge on any atom is -0.416 e. The summed E-state index contributed by atoms with van der Waals surface area (Å²) in [5, 5.41) is 7.12. The minimum absolute atomic E-state index is 0.124. The molecule has 0 spiro atoms. The van der Waals surface area contributed by atoms with Crippen LogP contribution in [-0.4, -0.2) is 10.2 Å². The predicted molar refractivity (Wildman–Crippen MR) is 99.9 cm³/mol. The third-order valence-electron chi connectivity index (χ3n) is 4.68. The van der Waals surface area contributed by atoms with E-state index < -0.39 is 40.5 Å². The second-order valence-electron chi connectivity index (χ2n) is 6.75. The highest BCUT2D eigenvalue weighted by Gasteiger charge is 2.29. The normalized spacial score (nSPS) is 11.2. The molecule has 30 heavy (non-hydrogen) atoms. The van der Waals surface area contributed by atoms with E-state index >= 15 is 0 Å². The van der Waals surface area contributed by atoms with Crippen LogP contribution in [0.4, 0.5) is 22.0 Å². The maximum Gasteiger partial charge on any atom is 0.254 e. The third-order valence-corrected chi connectivity index (χ3v) is 4.68. The number of hydrogen-bond donors (Lipinski definition) is 0. The van der Waals surface area contributed by atoms with E-state index in [1.54, 1.807) is 24.3 Å². The number of aromatic nitrogens is 2. The number of benzene rings is 3. The Morgan fingerprint density at radius 1 is 0.633 bits per heavy atom. The van der Waals surface area contributed by atoms with Crippen molar-refractivity contribution < 1.29 is 26.4 Å². The highest BCUT2D eigenvalue weighted by atomic mass is 19.2. The fraction of sp³-hybridized carbons (Fsp3) is 0.0909. The average molecular weight is 416 g/mol. The van der Waals surface area contributed by atoms with Gasteiger partial charge < -0.3 is 4.42 Å². The van der Waals surface area contributed by atoms with Crippen molar-refractivity contribution in [3.63, 3.8) is 0 Å². The van der Waals surface area contributed by atoms with Gasteiger partial charge in [-0.05, 0) is 42.7 Å². The zero-order valence-corrected chi connectivity index (χ0v) is 15.7. The first-order valence-electron chi connectivity index (χ1n) is 8.81. The average Bonchev–Trinajstić information content (AvgIpc) is 3.22. The second-order valence-corrected chi connectivity index (χ2v) is 6.75. The summed E-state index contributed by atoms with van der Waals surface area (Å²) in [4.78, 5) is 0. The standard InChI is InChI=1S/C22H13F5N2O/c1-10-3-4-11(2)14(9-10)12-5-7-13(8-6-12)21-28-29-22(30-21)15-16(23)18(25)20(27)19(26)17(15)24/h3-9H,1-2H3. The second kappa shape index (κ2) is 7.37. The number of halogens is 5. The molecule has 0 atom stereocenters. The fourth-order valence-electron chi connectivity index (χ4n) is 3.07. The Kier molecular flexibility index (Phi) is 4.85. The van der Waals surface area contributed by atoms with Gasteiger partial charge in [-0.25, -0.2) is 22.0 Å². The Hall–Kier alpha value is -3.55. The lowest BCUT2D eigenvalue weighted by Gasteiger charge is -2.08. The van der Waals surface area contributed by atoms with Crippen LogP contribution in [0.25, 0.3) is 34.0 Å². The van der Waals surface area contributed by atoms with Gasteiger partial charge >= 0.3 is 0 Å². The molecule has 1 aromatic heterocycles. The van der Waals surface area contributed by atoms with Crippen molar-refractivity contribution in [1.82, 2.24) is 10.2 Å². The molecule has 0 saturated heterocycles. The van der Waals surface area contributed by atoms with E-state index in [2.05, 4.69) is 10.2 Å². The number of rotatable bonds is 3. The SMILES string of the molecule is Cc1ccc(C)c(-c2ccc(-c3nnc(-c4c(F)c(F)c(F)c(F)c4F)o3)cc2)c1. The van der Waals surface area contributed by atoms with Crippen molar-refractivity contribution in [3.8, 4) is 34.0 Å². The highest BCUT2D eigenvalue weighted by Crippen LogP contribution is 2.33. The van der Waals surface area contributed by atoms with E-state index in [-0.39, 0.29) is 5.89 Å². The van der Waals surface area contributed by atoms with Crippen molar-refractivity contribution in [2.75, 3.05) is 0 Å². The van der Waals surface area contributed by atoms with Crippen LogP contribution in [0.5, 0.6) is 0 Å². The van der Waals surface area contributed by atoms with Crippen LogP contribution in [0.2, 0.25) is 0 Å². The summed E-state index contributed by atoms with van der Waals surface area (Å²) < 4.78 is 73.2.